The summed E-state index contributed by atoms with van der Waals surface area (Å²) in [6, 6.07) is 1.87. The van der Waals surface area contributed by atoms with Gasteiger partial charge in [0.15, 0.2) is 0 Å². The van der Waals surface area contributed by atoms with Gasteiger partial charge in [0.1, 0.15) is 0 Å². The minimum Gasteiger partial charge on any atom is -0.394 e. The molecule has 0 bridgehead atoms. The number of thioether (sulfide) groups is 1. The van der Waals surface area contributed by atoms with Crippen LogP contribution in [0.4, 0.5) is 5.69 Å². The maximum Gasteiger partial charge on any atom is 0.271 e. The smallest absolute Gasteiger partial charge is 0.271 e. The Labute approximate surface area is 92.0 Å². The van der Waals surface area contributed by atoms with E-state index in [2.05, 4.69) is 9.98 Å². The van der Waals surface area contributed by atoms with Gasteiger partial charge in [0.25, 0.3) is 5.56 Å². The monoisotopic (exact) mass is 223 g/mol. The van der Waals surface area contributed by atoms with Crippen LogP contribution in [0.2, 0.25) is 0 Å². The lowest BCUT2D eigenvalue weighted by atomic mass is 10.1. The molecule has 4 nitrogen and oxygen atoms in total. The molecule has 1 aliphatic rings. The summed E-state index contributed by atoms with van der Waals surface area (Å²) in [6.45, 7) is 3.87. The fourth-order valence-corrected chi connectivity index (χ4v) is 2.51. The second-order valence-electron chi connectivity index (χ2n) is 3.61. The summed E-state index contributed by atoms with van der Waals surface area (Å²) in [6.07, 6.45) is 0. The van der Waals surface area contributed by atoms with Crippen LogP contribution in [0.3, 0.4) is 0 Å². The topological polar surface area (TPSA) is 71.2 Å². The van der Waals surface area contributed by atoms with E-state index >= 15 is 0 Å². The van der Waals surface area contributed by atoms with Crippen LogP contribution in [0.15, 0.2) is 15.9 Å². The molecule has 0 spiro atoms. The molecule has 1 unspecified atom stereocenters. The Kier molecular flexibility index (Phi) is 2.56. The van der Waals surface area contributed by atoms with E-state index in [1.807, 2.05) is 13.8 Å². The van der Waals surface area contributed by atoms with Gasteiger partial charge in [0.05, 0.1) is 16.8 Å². The minimum absolute atomic E-state index is 0.133. The summed E-state index contributed by atoms with van der Waals surface area (Å²) in [4.78, 5) is 18.5. The van der Waals surface area contributed by atoms with Crippen molar-refractivity contribution in [1.29, 1.82) is 0 Å². The number of pyridine rings is 1. The number of aromatic nitrogens is 1. The summed E-state index contributed by atoms with van der Waals surface area (Å²) in [5, 5.41) is 1.09. The van der Waals surface area contributed by atoms with Gasteiger partial charge in [-0.2, -0.15) is 0 Å². The lowest BCUT2D eigenvalue weighted by molar-refractivity contribution is 0.825. The summed E-state index contributed by atoms with van der Waals surface area (Å²) in [7, 11) is 0. The molecule has 3 N–H and O–H groups in total. The molecule has 0 saturated carbocycles. The van der Waals surface area contributed by atoms with Crippen molar-refractivity contribution in [1.82, 2.24) is 4.98 Å². The zero-order valence-electron chi connectivity index (χ0n) is 8.70. The highest BCUT2D eigenvalue weighted by molar-refractivity contribution is 8.14. The summed E-state index contributed by atoms with van der Waals surface area (Å²) in [5.74, 6) is 0.929. The van der Waals surface area contributed by atoms with Crippen molar-refractivity contribution in [2.75, 3.05) is 11.5 Å². The second-order valence-corrected chi connectivity index (χ2v) is 4.82. The molecule has 0 saturated heterocycles. The Morgan fingerprint density at radius 2 is 2.33 bits per heavy atom. The predicted molar refractivity (Wildman–Crippen MR) is 64.5 cm³/mol. The highest BCUT2D eigenvalue weighted by atomic mass is 32.2. The van der Waals surface area contributed by atoms with E-state index in [9.17, 15) is 4.79 Å². The van der Waals surface area contributed by atoms with Crippen LogP contribution in [0, 0.1) is 6.92 Å². The number of rotatable bonds is 1. The number of hydrogen-bond acceptors (Lipinski definition) is 4. The standard InChI is InChI=1S/C10H13N3OS/c1-5-7(3-8(11)10(14)12-5)9-4-15-6(2)13-9/h3,9H,4,11H2,1-2H3,(H,12,14). The number of nitrogens with two attached hydrogens (primary N) is 1. The summed E-state index contributed by atoms with van der Waals surface area (Å²) < 4.78 is 0. The number of nitrogens with one attached hydrogen (secondary N) is 1. The lowest BCUT2D eigenvalue weighted by Gasteiger charge is -2.10. The first-order valence-corrected chi connectivity index (χ1v) is 5.73. The number of hydrogen-bond donors (Lipinski definition) is 2. The summed E-state index contributed by atoms with van der Waals surface area (Å²) >= 11 is 1.74. The number of aryl methyl sites for hydroxylation is 1. The third-order valence-corrected chi connectivity index (χ3v) is 3.46. The normalized spacial score (nSPS) is 20.4. The number of nitrogen functional groups attached to an aromatic ring is 1. The van der Waals surface area contributed by atoms with Gasteiger partial charge in [-0.3, -0.25) is 9.79 Å². The number of anilines is 1. The zero-order valence-corrected chi connectivity index (χ0v) is 9.52. The van der Waals surface area contributed by atoms with E-state index in [0.717, 1.165) is 22.1 Å². The van der Waals surface area contributed by atoms with Crippen molar-refractivity contribution >= 4 is 22.5 Å². The van der Waals surface area contributed by atoms with E-state index < -0.39 is 0 Å². The molecule has 5 heteroatoms. The first-order valence-electron chi connectivity index (χ1n) is 4.74. The van der Waals surface area contributed by atoms with Crippen LogP contribution in [-0.2, 0) is 0 Å². The lowest BCUT2D eigenvalue weighted by Crippen LogP contribution is -2.15. The fourth-order valence-electron chi connectivity index (χ4n) is 1.65. The molecule has 80 valence electrons. The minimum atomic E-state index is -0.220. The molecule has 1 atom stereocenters. The van der Waals surface area contributed by atoms with Crippen LogP contribution in [0.25, 0.3) is 0 Å². The van der Waals surface area contributed by atoms with Crippen molar-refractivity contribution in [3.05, 3.63) is 27.7 Å². The van der Waals surface area contributed by atoms with Crippen molar-refractivity contribution in [2.45, 2.75) is 19.9 Å². The van der Waals surface area contributed by atoms with Crippen molar-refractivity contribution < 1.29 is 0 Å². The van der Waals surface area contributed by atoms with Gasteiger partial charge in [-0.15, -0.1) is 11.8 Å². The predicted octanol–water partition coefficient (Wildman–Crippen LogP) is 1.47. The SMILES string of the molecule is CC1=NC(c2cc(N)c(=O)[nH]c2C)CS1. The molecule has 0 radical (unpaired) electrons. The van der Waals surface area contributed by atoms with Crippen LogP contribution in [-0.4, -0.2) is 15.8 Å². The van der Waals surface area contributed by atoms with E-state index in [0.29, 0.717) is 0 Å². The van der Waals surface area contributed by atoms with Crippen molar-refractivity contribution in [3.8, 4) is 0 Å². The first-order chi connectivity index (χ1) is 7.08. The molecular formula is C10H13N3OS. The average molecular weight is 223 g/mol. The Morgan fingerprint density at radius 3 is 2.93 bits per heavy atom. The van der Waals surface area contributed by atoms with Crippen molar-refractivity contribution in [2.24, 2.45) is 4.99 Å². The zero-order chi connectivity index (χ0) is 11.0. The Balaban J connectivity index is 2.45. The van der Waals surface area contributed by atoms with E-state index in [1.54, 1.807) is 17.8 Å². The molecule has 1 aromatic heterocycles. The van der Waals surface area contributed by atoms with Crippen molar-refractivity contribution in [3.63, 3.8) is 0 Å². The van der Waals surface area contributed by atoms with Gasteiger partial charge < -0.3 is 10.7 Å². The number of aliphatic imine (C=N–C) groups is 1. The molecule has 0 aliphatic carbocycles. The molecule has 1 aliphatic heterocycles. The quantitative estimate of drug-likeness (QED) is 0.757. The Bertz CT molecular complexity index is 478. The highest BCUT2D eigenvalue weighted by Crippen LogP contribution is 2.31. The largest absolute Gasteiger partial charge is 0.394 e. The fraction of sp³-hybridized carbons (Fsp3) is 0.400. The Hall–Kier alpha value is -1.23. The maximum atomic E-state index is 11.2. The molecular weight excluding hydrogens is 210 g/mol. The van der Waals surface area contributed by atoms with Gasteiger partial charge in [-0.25, -0.2) is 0 Å². The highest BCUT2D eigenvalue weighted by Gasteiger charge is 2.20. The van der Waals surface area contributed by atoms with Gasteiger partial charge in [-0.05, 0) is 25.5 Å². The number of H-pyrrole nitrogens is 1. The van der Waals surface area contributed by atoms with Crippen LogP contribution < -0.4 is 11.3 Å². The maximum absolute atomic E-state index is 11.2. The molecule has 2 rings (SSSR count). The van der Waals surface area contributed by atoms with E-state index in [4.69, 9.17) is 5.73 Å². The number of aromatic amines is 1. The number of nitrogens with zero attached hydrogens (tertiary/aromatic N) is 1. The second kappa shape index (κ2) is 3.73. The molecule has 0 aromatic carbocycles. The molecule has 1 aromatic rings. The van der Waals surface area contributed by atoms with E-state index in [-0.39, 0.29) is 17.3 Å². The van der Waals surface area contributed by atoms with Gasteiger partial charge >= 0.3 is 0 Å². The third kappa shape index (κ3) is 1.92. The molecule has 0 fully saturated rings. The Morgan fingerprint density at radius 1 is 1.60 bits per heavy atom. The summed E-state index contributed by atoms with van der Waals surface area (Å²) in [5.41, 5.74) is 7.52. The van der Waals surface area contributed by atoms with Crippen LogP contribution in [0.5, 0.6) is 0 Å². The first kappa shape index (κ1) is 10.3. The van der Waals surface area contributed by atoms with Gasteiger partial charge in [-0.1, -0.05) is 0 Å². The molecule has 0 amide bonds. The van der Waals surface area contributed by atoms with E-state index in [1.165, 1.54) is 0 Å². The van der Waals surface area contributed by atoms with Gasteiger partial charge in [0.2, 0.25) is 0 Å². The molecule has 15 heavy (non-hydrogen) atoms. The van der Waals surface area contributed by atoms with Gasteiger partial charge in [0, 0.05) is 11.4 Å². The molecule has 2 heterocycles. The van der Waals surface area contributed by atoms with Crippen LogP contribution >= 0.6 is 11.8 Å². The van der Waals surface area contributed by atoms with Crippen LogP contribution in [0.1, 0.15) is 24.2 Å². The third-order valence-electron chi connectivity index (χ3n) is 2.45. The average Bonchev–Trinajstić information content (AvgIpc) is 2.58.